The fraction of sp³-hybridized carbons (Fsp3) is 0. The zero-order valence-electron chi connectivity index (χ0n) is 29.8. The van der Waals surface area contributed by atoms with E-state index in [4.69, 9.17) is 4.42 Å². The van der Waals surface area contributed by atoms with Crippen molar-refractivity contribution in [3.63, 3.8) is 0 Å². The van der Waals surface area contributed by atoms with Crippen molar-refractivity contribution in [2.45, 2.75) is 0 Å². The Hall–Kier alpha value is -7.36. The number of rotatable bonds is 4. The highest BCUT2D eigenvalue weighted by Gasteiger charge is 2.20. The Labute approximate surface area is 316 Å². The number of aromatic nitrogens is 2. The van der Waals surface area contributed by atoms with Crippen LogP contribution in [0.1, 0.15) is 0 Å². The molecule has 3 aromatic heterocycles. The van der Waals surface area contributed by atoms with Crippen LogP contribution in [0.4, 0.5) is 0 Å². The van der Waals surface area contributed by atoms with Crippen LogP contribution >= 0.6 is 0 Å². The molecule has 3 nitrogen and oxygen atoms in total. The zero-order chi connectivity index (χ0) is 36.0. The van der Waals surface area contributed by atoms with E-state index in [1.807, 2.05) is 6.07 Å². The van der Waals surface area contributed by atoms with E-state index in [-0.39, 0.29) is 0 Å². The van der Waals surface area contributed by atoms with Gasteiger partial charge in [-0.1, -0.05) is 121 Å². The molecule has 0 N–H and O–H groups in total. The predicted octanol–water partition coefficient (Wildman–Crippen LogP) is 14.3. The fourth-order valence-corrected chi connectivity index (χ4v) is 8.95. The van der Waals surface area contributed by atoms with E-state index in [1.54, 1.807) is 0 Å². The minimum Gasteiger partial charge on any atom is -0.456 e. The maximum atomic E-state index is 6.37. The molecule has 3 heteroatoms. The van der Waals surface area contributed by atoms with Crippen LogP contribution in [-0.2, 0) is 0 Å². The van der Waals surface area contributed by atoms with Gasteiger partial charge in [0.1, 0.15) is 11.2 Å². The summed E-state index contributed by atoms with van der Waals surface area (Å²) in [6, 6.07) is 70.3. The van der Waals surface area contributed by atoms with Gasteiger partial charge in [0, 0.05) is 32.6 Å². The Morgan fingerprint density at radius 3 is 1.67 bits per heavy atom. The topological polar surface area (TPSA) is 23.0 Å². The predicted molar refractivity (Wildman–Crippen MR) is 231 cm³/mol. The number of hydrogen-bond acceptors (Lipinski definition) is 1. The largest absolute Gasteiger partial charge is 0.456 e. The van der Waals surface area contributed by atoms with Gasteiger partial charge in [-0.15, -0.1) is 0 Å². The highest BCUT2D eigenvalue weighted by molar-refractivity contribution is 6.17. The summed E-state index contributed by atoms with van der Waals surface area (Å²) in [5, 5.41) is 9.66. The molecule has 0 aliphatic heterocycles. The first-order chi connectivity index (χ1) is 27.3. The number of furan rings is 1. The summed E-state index contributed by atoms with van der Waals surface area (Å²) in [6.45, 7) is 0. The lowest BCUT2D eigenvalue weighted by atomic mass is 10.00. The van der Waals surface area contributed by atoms with Crippen molar-refractivity contribution in [3.8, 4) is 33.6 Å². The smallest absolute Gasteiger partial charge is 0.137 e. The molecule has 12 aromatic rings. The van der Waals surface area contributed by atoms with Gasteiger partial charge >= 0.3 is 0 Å². The second-order valence-corrected chi connectivity index (χ2v) is 14.5. The molecule has 0 aliphatic carbocycles. The van der Waals surface area contributed by atoms with Gasteiger partial charge in [-0.25, -0.2) is 0 Å². The van der Waals surface area contributed by atoms with Crippen LogP contribution in [0.3, 0.4) is 0 Å². The molecule has 55 heavy (non-hydrogen) atoms. The number of fused-ring (bicyclic) bond motifs is 10. The lowest BCUT2D eigenvalue weighted by Gasteiger charge is -2.11. The maximum Gasteiger partial charge on any atom is 0.137 e. The first kappa shape index (κ1) is 30.1. The van der Waals surface area contributed by atoms with Crippen LogP contribution in [0.15, 0.2) is 199 Å². The van der Waals surface area contributed by atoms with Crippen molar-refractivity contribution >= 4 is 76.3 Å². The summed E-state index contributed by atoms with van der Waals surface area (Å²) >= 11 is 0. The molecule has 3 heterocycles. The third kappa shape index (κ3) is 4.50. The number of para-hydroxylation sites is 2. The number of benzene rings is 9. The van der Waals surface area contributed by atoms with Crippen LogP contribution in [0.25, 0.3) is 110 Å². The SMILES string of the molecule is c1ccc(-c2ccc(-n3c4ccccc4c4cc(-c5ccc6c(c5)c5cc7ccccc7cc5n6-c5cccc6oc7ccccc7c56)ccc43)cc2)cc1. The zero-order valence-corrected chi connectivity index (χ0v) is 29.8. The number of hydrogen-bond donors (Lipinski definition) is 0. The Morgan fingerprint density at radius 1 is 0.309 bits per heavy atom. The van der Waals surface area contributed by atoms with Gasteiger partial charge in [0.05, 0.1) is 33.1 Å². The number of nitrogens with zero attached hydrogens (tertiary/aromatic N) is 2. The summed E-state index contributed by atoms with van der Waals surface area (Å²) in [6.07, 6.45) is 0. The van der Waals surface area contributed by atoms with Gasteiger partial charge in [-0.2, -0.15) is 0 Å². The monoisotopic (exact) mass is 700 g/mol. The molecule has 12 rings (SSSR count). The minimum absolute atomic E-state index is 0.894. The van der Waals surface area contributed by atoms with Gasteiger partial charge in [-0.05, 0) is 106 Å². The summed E-state index contributed by atoms with van der Waals surface area (Å²) in [5.41, 5.74) is 13.6. The third-order valence-electron chi connectivity index (χ3n) is 11.5. The van der Waals surface area contributed by atoms with Crippen LogP contribution in [0, 0.1) is 0 Å². The first-order valence-corrected chi connectivity index (χ1v) is 18.8. The molecule has 0 bridgehead atoms. The summed E-state index contributed by atoms with van der Waals surface area (Å²) < 4.78 is 11.2. The normalized spacial score (nSPS) is 12.0. The Balaban J connectivity index is 1.06. The third-order valence-corrected chi connectivity index (χ3v) is 11.5. The van der Waals surface area contributed by atoms with E-state index in [2.05, 4.69) is 197 Å². The average molecular weight is 701 g/mol. The van der Waals surface area contributed by atoms with Crippen LogP contribution in [0.2, 0.25) is 0 Å². The molecule has 0 saturated carbocycles. The molecule has 0 radical (unpaired) electrons. The van der Waals surface area contributed by atoms with Crippen LogP contribution in [0.5, 0.6) is 0 Å². The summed E-state index contributed by atoms with van der Waals surface area (Å²) in [7, 11) is 0. The molecule has 0 unspecified atom stereocenters. The molecule has 0 spiro atoms. The lowest BCUT2D eigenvalue weighted by molar-refractivity contribution is 0.669. The maximum absolute atomic E-state index is 6.37. The van der Waals surface area contributed by atoms with E-state index in [1.165, 1.54) is 76.6 Å². The highest BCUT2D eigenvalue weighted by atomic mass is 16.3. The van der Waals surface area contributed by atoms with Crippen molar-refractivity contribution in [2.24, 2.45) is 0 Å². The fourth-order valence-electron chi connectivity index (χ4n) is 8.95. The van der Waals surface area contributed by atoms with E-state index < -0.39 is 0 Å². The summed E-state index contributed by atoms with van der Waals surface area (Å²) in [4.78, 5) is 0. The Bertz CT molecular complexity index is 3470. The molecule has 256 valence electrons. The van der Waals surface area contributed by atoms with Gasteiger partial charge in [-0.3, -0.25) is 0 Å². The van der Waals surface area contributed by atoms with Crippen molar-refractivity contribution in [2.75, 3.05) is 0 Å². The quantitative estimate of drug-likeness (QED) is 0.179. The lowest BCUT2D eigenvalue weighted by Crippen LogP contribution is -1.95. The Morgan fingerprint density at radius 2 is 0.873 bits per heavy atom. The molecule has 0 atom stereocenters. The van der Waals surface area contributed by atoms with Crippen LogP contribution < -0.4 is 0 Å². The van der Waals surface area contributed by atoms with E-state index >= 15 is 0 Å². The van der Waals surface area contributed by atoms with Gasteiger partial charge < -0.3 is 13.6 Å². The first-order valence-electron chi connectivity index (χ1n) is 18.8. The van der Waals surface area contributed by atoms with E-state index in [9.17, 15) is 0 Å². The molecule has 9 aromatic carbocycles. The van der Waals surface area contributed by atoms with Gasteiger partial charge in [0.25, 0.3) is 0 Å². The van der Waals surface area contributed by atoms with E-state index in [0.29, 0.717) is 0 Å². The molecule has 0 aliphatic rings. The second-order valence-electron chi connectivity index (χ2n) is 14.5. The van der Waals surface area contributed by atoms with E-state index in [0.717, 1.165) is 33.3 Å². The summed E-state index contributed by atoms with van der Waals surface area (Å²) in [5.74, 6) is 0. The molecule has 0 saturated heterocycles. The standard InChI is InChI=1S/C52H32N2O/c1-2-11-33(12-3-1)34-21-25-39(26-22-34)53-45-17-8-6-15-40(45)42-30-37(23-27-46(42)53)38-24-28-47-43(31-38)44-29-35-13-4-5-14-36(35)32-49(44)54(47)48-18-10-20-51-52(48)41-16-7-9-19-50(41)55-51/h1-32H. The molecule has 0 fully saturated rings. The Kier molecular flexibility index (Phi) is 6.34. The second kappa shape index (κ2) is 11.6. The highest BCUT2D eigenvalue weighted by Crippen LogP contribution is 2.42. The van der Waals surface area contributed by atoms with Gasteiger partial charge in [0.2, 0.25) is 0 Å². The van der Waals surface area contributed by atoms with Gasteiger partial charge in [0.15, 0.2) is 0 Å². The van der Waals surface area contributed by atoms with Crippen molar-refractivity contribution in [1.29, 1.82) is 0 Å². The molecular weight excluding hydrogens is 669 g/mol. The van der Waals surface area contributed by atoms with Crippen molar-refractivity contribution in [3.05, 3.63) is 194 Å². The van der Waals surface area contributed by atoms with Crippen molar-refractivity contribution in [1.82, 2.24) is 9.13 Å². The minimum atomic E-state index is 0.894. The molecular formula is C52H32N2O. The van der Waals surface area contributed by atoms with Crippen molar-refractivity contribution < 1.29 is 4.42 Å². The van der Waals surface area contributed by atoms with Crippen LogP contribution in [-0.4, -0.2) is 9.13 Å². The molecule has 0 amide bonds. The average Bonchev–Trinajstić information content (AvgIpc) is 3.90.